The molecule has 11 heteroatoms. The van der Waals surface area contributed by atoms with E-state index in [0.29, 0.717) is 12.8 Å². The van der Waals surface area contributed by atoms with Gasteiger partial charge in [-0.1, -0.05) is 155 Å². The Morgan fingerprint density at radius 2 is 0.564 bits per heavy atom. The second-order valence-electron chi connectivity index (χ2n) is 10.2. The van der Waals surface area contributed by atoms with Crippen molar-refractivity contribution < 1.29 is 34.3 Å². The number of hydrogen-bond donors (Lipinski definition) is 0. The third-order valence-corrected chi connectivity index (χ3v) is 7.36. The molecule has 0 aromatic heterocycles. The molecule has 0 fully saturated rings. The van der Waals surface area contributed by atoms with Gasteiger partial charge in [-0.3, -0.25) is 8.37 Å². The molecule has 0 bridgehead atoms. The third kappa shape index (κ3) is 48.6. The molecule has 0 spiro atoms. The predicted molar refractivity (Wildman–Crippen MR) is 159 cm³/mol. The van der Waals surface area contributed by atoms with Crippen molar-refractivity contribution in [3.05, 3.63) is 0 Å². The third-order valence-electron chi connectivity index (χ3n) is 6.45. The van der Waals surface area contributed by atoms with Gasteiger partial charge in [-0.05, 0) is 12.8 Å². The van der Waals surface area contributed by atoms with Crippen LogP contribution < -0.4 is 0 Å². The molecule has 0 aliphatic heterocycles. The molecule has 39 heavy (non-hydrogen) atoms. The van der Waals surface area contributed by atoms with Crippen molar-refractivity contribution >= 4 is 43.9 Å². The second kappa shape index (κ2) is 33.0. The minimum atomic E-state index is -4.49. The van der Waals surface area contributed by atoms with Crippen LogP contribution >= 0.6 is 0 Å². The van der Waals surface area contributed by atoms with Crippen molar-refractivity contribution in [2.75, 3.05) is 13.2 Å². The van der Waals surface area contributed by atoms with Gasteiger partial charge < -0.3 is 9.11 Å². The fraction of sp³-hybridized carbons (Fsp3) is 1.00. The topological polar surface area (TPSA) is 133 Å². The molecule has 0 aromatic rings. The Kier molecular flexibility index (Phi) is 37.2. The van der Waals surface area contributed by atoms with E-state index in [1.54, 1.807) is 0 Å². The Morgan fingerprint density at radius 3 is 0.744 bits per heavy atom. The molecule has 232 valence electrons. The molecule has 0 aliphatic rings. The molecular weight excluding hydrogens is 553 g/mol. The molecule has 0 aliphatic carbocycles. The number of rotatable bonds is 28. The SMILES string of the molecule is CCCCCCCCCCCCCCOS(=O)(=O)[O-].CCCCCCCCCCCCCCOS(=O)(=O)[O-].[Mg+2]. The van der Waals surface area contributed by atoms with E-state index in [0.717, 1.165) is 25.7 Å². The summed E-state index contributed by atoms with van der Waals surface area (Å²) >= 11 is 0. The zero-order chi connectivity index (χ0) is 28.8. The Balaban J connectivity index is -0.000000648. The minimum absolute atomic E-state index is 0. The molecule has 0 heterocycles. The van der Waals surface area contributed by atoms with Gasteiger partial charge in [0.15, 0.2) is 0 Å². The van der Waals surface area contributed by atoms with Gasteiger partial charge in [0.05, 0.1) is 13.2 Å². The van der Waals surface area contributed by atoms with Crippen molar-refractivity contribution in [1.82, 2.24) is 0 Å². The summed E-state index contributed by atoms with van der Waals surface area (Å²) in [4.78, 5) is 0. The van der Waals surface area contributed by atoms with Gasteiger partial charge in [0.25, 0.3) is 0 Å². The van der Waals surface area contributed by atoms with Crippen LogP contribution in [0.25, 0.3) is 0 Å². The van der Waals surface area contributed by atoms with Crippen LogP contribution in [0.2, 0.25) is 0 Å². The zero-order valence-corrected chi connectivity index (χ0v) is 28.2. The van der Waals surface area contributed by atoms with E-state index in [4.69, 9.17) is 0 Å². The van der Waals surface area contributed by atoms with E-state index >= 15 is 0 Å². The van der Waals surface area contributed by atoms with Gasteiger partial charge >= 0.3 is 23.1 Å². The molecule has 0 saturated carbocycles. The molecule has 8 nitrogen and oxygen atoms in total. The van der Waals surface area contributed by atoms with E-state index in [2.05, 4.69) is 22.2 Å². The normalized spacial score (nSPS) is 11.6. The number of hydrogen-bond acceptors (Lipinski definition) is 8. The average Bonchev–Trinajstić information content (AvgIpc) is 2.84. The molecule has 0 saturated heterocycles. The first kappa shape index (κ1) is 44.0. The summed E-state index contributed by atoms with van der Waals surface area (Å²) in [7, 11) is -8.98. The molecule has 0 radical (unpaired) electrons. The van der Waals surface area contributed by atoms with Gasteiger partial charge in [-0.2, -0.15) is 0 Å². The molecule has 0 aromatic carbocycles. The van der Waals surface area contributed by atoms with Crippen molar-refractivity contribution in [2.45, 2.75) is 168 Å². The quantitative estimate of drug-likeness (QED) is 0.0377. The largest absolute Gasteiger partial charge is 2.00 e. The minimum Gasteiger partial charge on any atom is -0.726 e. The van der Waals surface area contributed by atoms with E-state index in [-0.39, 0.29) is 36.3 Å². The zero-order valence-electron chi connectivity index (χ0n) is 25.2. The summed E-state index contributed by atoms with van der Waals surface area (Å²) in [5.74, 6) is 0. The van der Waals surface area contributed by atoms with Crippen LogP contribution in [0.1, 0.15) is 168 Å². The first-order valence-corrected chi connectivity index (χ1v) is 18.0. The fourth-order valence-electron chi connectivity index (χ4n) is 4.21. The standard InChI is InChI=1S/2C14H30O4S.Mg/c2*1-2-3-4-5-6-7-8-9-10-11-12-13-14-18-19(15,16)17;/h2*2-14H2,1H3,(H,15,16,17);/q;;+2/p-2. The van der Waals surface area contributed by atoms with Gasteiger partial charge in [0.2, 0.25) is 20.8 Å². The van der Waals surface area contributed by atoms with Crippen molar-refractivity contribution in [3.63, 3.8) is 0 Å². The summed E-state index contributed by atoms with van der Waals surface area (Å²) in [6, 6.07) is 0. The molecule has 0 amide bonds. The monoisotopic (exact) mass is 610 g/mol. The van der Waals surface area contributed by atoms with Crippen LogP contribution in [0.4, 0.5) is 0 Å². The van der Waals surface area contributed by atoms with Crippen molar-refractivity contribution in [3.8, 4) is 0 Å². The van der Waals surface area contributed by atoms with Crippen LogP contribution in [0.3, 0.4) is 0 Å². The molecule has 0 rings (SSSR count). The Morgan fingerprint density at radius 1 is 0.385 bits per heavy atom. The van der Waals surface area contributed by atoms with Gasteiger partial charge in [-0.15, -0.1) is 0 Å². The van der Waals surface area contributed by atoms with Gasteiger partial charge in [0.1, 0.15) is 0 Å². The molecule has 0 unspecified atom stereocenters. The summed E-state index contributed by atoms with van der Waals surface area (Å²) in [6.07, 6.45) is 29.1. The van der Waals surface area contributed by atoms with Gasteiger partial charge in [0, 0.05) is 0 Å². The van der Waals surface area contributed by atoms with Crippen LogP contribution in [0.15, 0.2) is 0 Å². The summed E-state index contributed by atoms with van der Waals surface area (Å²) in [6.45, 7) is 4.53. The maximum atomic E-state index is 10.2. The Labute approximate surface area is 258 Å². The second-order valence-corrected chi connectivity index (χ2v) is 12.3. The first-order valence-electron chi connectivity index (χ1n) is 15.3. The molecular formula is C28H58MgO8S2. The van der Waals surface area contributed by atoms with Crippen molar-refractivity contribution in [2.24, 2.45) is 0 Å². The van der Waals surface area contributed by atoms with Crippen LogP contribution in [-0.2, 0) is 29.2 Å². The van der Waals surface area contributed by atoms with Crippen LogP contribution in [0.5, 0.6) is 0 Å². The van der Waals surface area contributed by atoms with Crippen LogP contribution in [0, 0.1) is 0 Å². The van der Waals surface area contributed by atoms with E-state index in [1.807, 2.05) is 0 Å². The smallest absolute Gasteiger partial charge is 0.726 e. The Bertz CT molecular complexity index is 615. The summed E-state index contributed by atoms with van der Waals surface area (Å²) in [5.41, 5.74) is 0. The van der Waals surface area contributed by atoms with E-state index in [1.165, 1.54) is 116 Å². The maximum absolute atomic E-state index is 10.2. The Hall–Kier alpha value is 0.506. The van der Waals surface area contributed by atoms with Crippen molar-refractivity contribution in [1.29, 1.82) is 0 Å². The molecule has 0 atom stereocenters. The van der Waals surface area contributed by atoms with Crippen LogP contribution in [-0.4, -0.2) is 62.2 Å². The first-order chi connectivity index (χ1) is 18.1. The maximum Gasteiger partial charge on any atom is 2.00 e. The number of unbranched alkanes of at least 4 members (excludes halogenated alkanes) is 22. The predicted octanol–water partition coefficient (Wildman–Crippen LogP) is 7.95. The average molecular weight is 611 g/mol. The summed E-state index contributed by atoms with van der Waals surface area (Å²) < 4.78 is 69.2. The fourth-order valence-corrected chi connectivity index (χ4v) is 4.85. The van der Waals surface area contributed by atoms with E-state index < -0.39 is 20.8 Å². The summed E-state index contributed by atoms with van der Waals surface area (Å²) in [5, 5.41) is 0. The van der Waals surface area contributed by atoms with E-state index in [9.17, 15) is 25.9 Å². The van der Waals surface area contributed by atoms with Gasteiger partial charge in [-0.25, -0.2) is 16.8 Å². The molecule has 0 N–H and O–H groups in total.